The number of para-hydroxylation sites is 1. The second-order valence-corrected chi connectivity index (χ2v) is 7.66. The first-order valence-electron chi connectivity index (χ1n) is 8.64. The molecule has 0 radical (unpaired) electrons. The van der Waals surface area contributed by atoms with Crippen molar-refractivity contribution in [2.75, 3.05) is 43.5 Å². The first-order chi connectivity index (χ1) is 13.1. The second-order valence-electron chi connectivity index (χ2n) is 6.22. The molecule has 8 heteroatoms. The van der Waals surface area contributed by atoms with Gasteiger partial charge in [0.2, 0.25) is 0 Å². The van der Waals surface area contributed by atoms with Crippen LogP contribution in [0.1, 0.15) is 0 Å². The van der Waals surface area contributed by atoms with Gasteiger partial charge in [-0.15, -0.1) is 0 Å². The van der Waals surface area contributed by atoms with Crippen molar-refractivity contribution in [1.29, 1.82) is 0 Å². The summed E-state index contributed by atoms with van der Waals surface area (Å²) in [6, 6.07) is 13.0. The van der Waals surface area contributed by atoms with Crippen LogP contribution in [0.15, 0.2) is 42.5 Å². The topological polar surface area (TPSA) is 57.7 Å². The number of benzene rings is 2. The number of fused-ring (bicyclic) bond motifs is 1. The maximum atomic E-state index is 12.5. The summed E-state index contributed by atoms with van der Waals surface area (Å²) in [5, 5.41) is 4.46. The molecule has 1 aliphatic heterocycles. The monoisotopic (exact) mass is 402 g/mol. The lowest BCUT2D eigenvalue weighted by molar-refractivity contribution is 0.208. The highest BCUT2D eigenvalue weighted by Gasteiger charge is 2.23. The number of amides is 2. The molecule has 4 rings (SSSR count). The van der Waals surface area contributed by atoms with Crippen molar-refractivity contribution < 1.29 is 9.53 Å². The van der Waals surface area contributed by atoms with Crippen LogP contribution < -0.4 is 15.0 Å². The molecule has 0 aliphatic carbocycles. The summed E-state index contributed by atoms with van der Waals surface area (Å²) < 4.78 is 6.50. The molecule has 140 valence electrons. The molecule has 1 aromatic heterocycles. The number of thiazole rings is 1. The lowest BCUT2D eigenvalue weighted by atomic mass is 10.3. The van der Waals surface area contributed by atoms with Crippen LogP contribution in [0.5, 0.6) is 5.75 Å². The van der Waals surface area contributed by atoms with Crippen molar-refractivity contribution in [3.8, 4) is 5.75 Å². The smallest absolute Gasteiger partial charge is 0.321 e. The molecule has 1 N–H and O–H groups in total. The second kappa shape index (κ2) is 7.62. The number of hydrogen-bond donors (Lipinski definition) is 1. The minimum Gasteiger partial charge on any atom is -0.494 e. The van der Waals surface area contributed by atoms with E-state index in [1.807, 2.05) is 35.2 Å². The number of hydrogen-bond acceptors (Lipinski definition) is 5. The van der Waals surface area contributed by atoms with Crippen LogP contribution in [0.3, 0.4) is 0 Å². The van der Waals surface area contributed by atoms with Gasteiger partial charge in [0, 0.05) is 36.9 Å². The Labute approximate surface area is 166 Å². The highest BCUT2D eigenvalue weighted by Crippen LogP contribution is 2.34. The Bertz CT molecular complexity index is 969. The predicted molar refractivity (Wildman–Crippen MR) is 110 cm³/mol. The predicted octanol–water partition coefficient (Wildman–Crippen LogP) is 4.31. The molecule has 0 saturated carbocycles. The van der Waals surface area contributed by atoms with E-state index < -0.39 is 0 Å². The van der Waals surface area contributed by atoms with Gasteiger partial charge in [-0.1, -0.05) is 35.1 Å². The van der Waals surface area contributed by atoms with Crippen molar-refractivity contribution in [2.24, 2.45) is 0 Å². The zero-order chi connectivity index (χ0) is 18.8. The fourth-order valence-corrected chi connectivity index (χ4v) is 4.31. The average molecular weight is 403 g/mol. The Morgan fingerprint density at radius 3 is 2.70 bits per heavy atom. The third-order valence-electron chi connectivity index (χ3n) is 4.50. The number of halogens is 1. The van der Waals surface area contributed by atoms with Crippen molar-refractivity contribution in [1.82, 2.24) is 9.88 Å². The molecule has 2 aromatic carbocycles. The maximum absolute atomic E-state index is 12.5. The fourth-order valence-electron chi connectivity index (χ4n) is 3.08. The Balaban J connectivity index is 1.41. The molecule has 0 spiro atoms. The lowest BCUT2D eigenvalue weighted by Gasteiger charge is -2.34. The van der Waals surface area contributed by atoms with Crippen LogP contribution >= 0.6 is 22.9 Å². The summed E-state index contributed by atoms with van der Waals surface area (Å²) in [6.07, 6.45) is 0. The van der Waals surface area contributed by atoms with Gasteiger partial charge in [-0.3, -0.25) is 0 Å². The summed E-state index contributed by atoms with van der Waals surface area (Å²) in [4.78, 5) is 21.2. The molecule has 2 heterocycles. The third-order valence-corrected chi connectivity index (χ3v) is 5.82. The van der Waals surface area contributed by atoms with E-state index in [-0.39, 0.29) is 6.03 Å². The molecule has 1 saturated heterocycles. The largest absolute Gasteiger partial charge is 0.494 e. The summed E-state index contributed by atoms with van der Waals surface area (Å²) in [7, 11) is 1.66. The summed E-state index contributed by atoms with van der Waals surface area (Å²) >= 11 is 7.62. The van der Waals surface area contributed by atoms with Gasteiger partial charge in [0.15, 0.2) is 5.13 Å². The molecule has 0 unspecified atom stereocenters. The standard InChI is InChI=1S/C19H19ClN4O2S/c1-26-15-6-3-7-16-17(15)22-19(27-16)24-10-8-23(9-11-24)18(25)21-14-5-2-4-13(20)12-14/h2-7,12H,8-11H2,1H3,(H,21,25). The molecule has 2 amide bonds. The molecular formula is C19H19ClN4O2S. The van der Waals surface area contributed by atoms with Gasteiger partial charge in [0.25, 0.3) is 0 Å². The molecule has 6 nitrogen and oxygen atoms in total. The summed E-state index contributed by atoms with van der Waals surface area (Å²) in [5.41, 5.74) is 1.59. The van der Waals surface area contributed by atoms with E-state index in [1.165, 1.54) is 0 Å². The van der Waals surface area contributed by atoms with Crippen molar-refractivity contribution in [3.05, 3.63) is 47.5 Å². The van der Waals surface area contributed by atoms with E-state index in [4.69, 9.17) is 21.3 Å². The Morgan fingerprint density at radius 1 is 1.19 bits per heavy atom. The van der Waals surface area contributed by atoms with E-state index in [0.717, 1.165) is 34.2 Å². The molecule has 3 aromatic rings. The lowest BCUT2D eigenvalue weighted by Crippen LogP contribution is -2.50. The maximum Gasteiger partial charge on any atom is 0.321 e. The SMILES string of the molecule is COc1cccc2sc(N3CCN(C(=O)Nc4cccc(Cl)c4)CC3)nc12. The van der Waals surface area contributed by atoms with Gasteiger partial charge in [0.1, 0.15) is 11.3 Å². The van der Waals surface area contributed by atoms with Crippen LogP contribution in [0.2, 0.25) is 5.02 Å². The molecule has 1 fully saturated rings. The number of rotatable bonds is 3. The number of piperazine rings is 1. The number of anilines is 2. The van der Waals surface area contributed by atoms with Crippen LogP contribution in [-0.2, 0) is 0 Å². The first kappa shape index (κ1) is 17.9. The van der Waals surface area contributed by atoms with Gasteiger partial charge in [-0.2, -0.15) is 0 Å². The zero-order valence-electron chi connectivity index (χ0n) is 14.8. The van der Waals surface area contributed by atoms with Gasteiger partial charge in [0.05, 0.1) is 11.8 Å². The normalized spacial score (nSPS) is 14.4. The molecule has 0 bridgehead atoms. The highest BCUT2D eigenvalue weighted by molar-refractivity contribution is 7.22. The summed E-state index contributed by atoms with van der Waals surface area (Å²) in [6.45, 7) is 2.76. The van der Waals surface area contributed by atoms with E-state index in [2.05, 4.69) is 10.2 Å². The van der Waals surface area contributed by atoms with Crippen LogP contribution in [0.25, 0.3) is 10.2 Å². The Morgan fingerprint density at radius 2 is 1.96 bits per heavy atom. The van der Waals surface area contributed by atoms with Gasteiger partial charge in [-0.25, -0.2) is 9.78 Å². The average Bonchev–Trinajstić information content (AvgIpc) is 3.12. The molecule has 1 aliphatic rings. The number of aromatic nitrogens is 1. The van der Waals surface area contributed by atoms with E-state index in [9.17, 15) is 4.79 Å². The third kappa shape index (κ3) is 3.79. The van der Waals surface area contributed by atoms with Crippen molar-refractivity contribution >= 4 is 50.0 Å². The van der Waals surface area contributed by atoms with Gasteiger partial charge in [-0.05, 0) is 30.3 Å². The number of ether oxygens (including phenoxy) is 1. The number of carbonyl (C=O) groups excluding carboxylic acids is 1. The van der Waals surface area contributed by atoms with E-state index in [0.29, 0.717) is 23.8 Å². The Kier molecular flexibility index (Phi) is 5.05. The van der Waals surface area contributed by atoms with Crippen LogP contribution in [0, 0.1) is 0 Å². The fraction of sp³-hybridized carbons (Fsp3) is 0.263. The molecular weight excluding hydrogens is 384 g/mol. The summed E-state index contributed by atoms with van der Waals surface area (Å²) in [5.74, 6) is 0.787. The zero-order valence-corrected chi connectivity index (χ0v) is 16.4. The Hall–Kier alpha value is -2.51. The van der Waals surface area contributed by atoms with Crippen molar-refractivity contribution in [3.63, 3.8) is 0 Å². The quantitative estimate of drug-likeness (QED) is 0.709. The van der Waals surface area contributed by atoms with E-state index >= 15 is 0 Å². The van der Waals surface area contributed by atoms with Gasteiger partial charge < -0.3 is 19.9 Å². The minimum absolute atomic E-state index is 0.108. The molecule has 27 heavy (non-hydrogen) atoms. The van der Waals surface area contributed by atoms with E-state index in [1.54, 1.807) is 30.6 Å². The minimum atomic E-state index is -0.108. The first-order valence-corrected chi connectivity index (χ1v) is 9.83. The van der Waals surface area contributed by atoms with Crippen LogP contribution in [-0.4, -0.2) is 49.2 Å². The van der Waals surface area contributed by atoms with Gasteiger partial charge >= 0.3 is 6.03 Å². The van der Waals surface area contributed by atoms with Crippen LogP contribution in [0.4, 0.5) is 15.6 Å². The van der Waals surface area contributed by atoms with Crippen molar-refractivity contribution in [2.45, 2.75) is 0 Å². The number of nitrogens with one attached hydrogen (secondary N) is 1. The molecule has 0 atom stereocenters. The number of carbonyl (C=O) groups is 1. The number of methoxy groups -OCH3 is 1. The highest BCUT2D eigenvalue weighted by atomic mass is 35.5. The number of urea groups is 1. The number of nitrogens with zero attached hydrogens (tertiary/aromatic N) is 3.